The van der Waals surface area contributed by atoms with Gasteiger partial charge in [0.2, 0.25) is 5.91 Å². The second-order valence-electron chi connectivity index (χ2n) is 6.36. The summed E-state index contributed by atoms with van der Waals surface area (Å²) in [5.74, 6) is 1.08. The molecule has 0 aliphatic carbocycles. The Balaban J connectivity index is 1.81. The van der Waals surface area contributed by atoms with E-state index in [1.165, 1.54) is 6.26 Å². The molecule has 0 radical (unpaired) electrons. The van der Waals surface area contributed by atoms with Gasteiger partial charge in [-0.15, -0.1) is 0 Å². The van der Waals surface area contributed by atoms with Crippen molar-refractivity contribution in [3.05, 3.63) is 41.4 Å². The summed E-state index contributed by atoms with van der Waals surface area (Å²) in [4.78, 5) is 32.5. The zero-order chi connectivity index (χ0) is 17.4. The molecule has 0 fully saturated rings. The second-order valence-corrected chi connectivity index (χ2v) is 6.36. The average Bonchev–Trinajstić information content (AvgIpc) is 3.13. The highest BCUT2D eigenvalue weighted by atomic mass is 16.3. The second kappa shape index (κ2) is 6.14. The summed E-state index contributed by atoms with van der Waals surface area (Å²) in [5, 5.41) is 0. The number of furan rings is 1. The van der Waals surface area contributed by atoms with Gasteiger partial charge in [-0.1, -0.05) is 0 Å². The number of carbonyl (C=O) groups is 2. The number of aromatic nitrogens is 2. The Morgan fingerprint density at radius 2 is 2.12 bits per heavy atom. The lowest BCUT2D eigenvalue weighted by Crippen LogP contribution is -2.41. The third-order valence-corrected chi connectivity index (χ3v) is 4.43. The Kier molecular flexibility index (Phi) is 4.17. The molecule has 1 aliphatic rings. The number of rotatable bonds is 3. The number of amides is 2. The maximum Gasteiger partial charge on any atom is 0.290 e. The number of carbonyl (C=O) groups excluding carboxylic acids is 2. The standard InChI is InChI=1S/C17H22N4O3/c1-11-5-8-24-15(11)17(23)21-7-6-20-10-13(9-14(22)19(3)4)18-16(20)12(21)2/h5,8,10,12H,6-7,9H2,1-4H3/t12-/m0/s1. The molecule has 24 heavy (non-hydrogen) atoms. The van der Waals surface area contributed by atoms with E-state index >= 15 is 0 Å². The molecule has 2 amide bonds. The lowest BCUT2D eigenvalue weighted by molar-refractivity contribution is -0.128. The summed E-state index contributed by atoms with van der Waals surface area (Å²) in [6.07, 6.45) is 3.71. The minimum absolute atomic E-state index is 0.0113. The SMILES string of the molecule is Cc1ccoc1C(=O)N1CCn2cc(CC(=O)N(C)C)nc2[C@@H]1C. The van der Waals surface area contributed by atoms with Crippen molar-refractivity contribution in [2.24, 2.45) is 0 Å². The molecule has 0 unspecified atom stereocenters. The predicted octanol–water partition coefficient (Wildman–Crippen LogP) is 1.63. The zero-order valence-corrected chi connectivity index (χ0v) is 14.4. The fourth-order valence-corrected chi connectivity index (χ4v) is 2.95. The van der Waals surface area contributed by atoms with Gasteiger partial charge in [0.15, 0.2) is 5.76 Å². The summed E-state index contributed by atoms with van der Waals surface area (Å²) in [6, 6.07) is 1.62. The molecule has 7 heteroatoms. The van der Waals surface area contributed by atoms with E-state index in [-0.39, 0.29) is 24.3 Å². The van der Waals surface area contributed by atoms with E-state index in [0.29, 0.717) is 18.8 Å². The Bertz CT molecular complexity index is 775. The maximum absolute atomic E-state index is 12.7. The third-order valence-electron chi connectivity index (χ3n) is 4.43. The molecule has 0 saturated heterocycles. The fraction of sp³-hybridized carbons (Fsp3) is 0.471. The van der Waals surface area contributed by atoms with Crippen LogP contribution in [0.4, 0.5) is 0 Å². The van der Waals surface area contributed by atoms with Crippen LogP contribution >= 0.6 is 0 Å². The van der Waals surface area contributed by atoms with Gasteiger partial charge < -0.3 is 18.8 Å². The number of fused-ring (bicyclic) bond motifs is 1. The van der Waals surface area contributed by atoms with Crippen molar-refractivity contribution in [1.29, 1.82) is 0 Å². The molecular formula is C17H22N4O3. The molecule has 128 valence electrons. The monoisotopic (exact) mass is 330 g/mol. The van der Waals surface area contributed by atoms with Crippen LogP contribution in [0.25, 0.3) is 0 Å². The Labute approximate surface area is 140 Å². The van der Waals surface area contributed by atoms with Gasteiger partial charge in [-0.2, -0.15) is 0 Å². The number of hydrogen-bond acceptors (Lipinski definition) is 4. The Hall–Kier alpha value is -2.57. The normalized spacial score (nSPS) is 16.8. The largest absolute Gasteiger partial charge is 0.459 e. The van der Waals surface area contributed by atoms with Crippen LogP contribution in [-0.4, -0.2) is 51.8 Å². The summed E-state index contributed by atoms with van der Waals surface area (Å²) < 4.78 is 7.36. The minimum Gasteiger partial charge on any atom is -0.459 e. The van der Waals surface area contributed by atoms with E-state index in [0.717, 1.165) is 17.1 Å². The van der Waals surface area contributed by atoms with Crippen molar-refractivity contribution < 1.29 is 14.0 Å². The summed E-state index contributed by atoms with van der Waals surface area (Å²) in [5.41, 5.74) is 1.57. The number of aryl methyl sites for hydroxylation is 1. The molecule has 3 rings (SSSR count). The van der Waals surface area contributed by atoms with E-state index in [2.05, 4.69) is 4.98 Å². The quantitative estimate of drug-likeness (QED) is 0.857. The molecule has 0 bridgehead atoms. The van der Waals surface area contributed by atoms with E-state index in [1.807, 2.05) is 24.6 Å². The highest BCUT2D eigenvalue weighted by Crippen LogP contribution is 2.27. The fourth-order valence-electron chi connectivity index (χ4n) is 2.95. The first-order valence-electron chi connectivity index (χ1n) is 7.99. The molecule has 0 N–H and O–H groups in total. The van der Waals surface area contributed by atoms with Crippen molar-refractivity contribution in [3.63, 3.8) is 0 Å². The zero-order valence-electron chi connectivity index (χ0n) is 14.4. The van der Waals surface area contributed by atoms with Gasteiger partial charge in [0.05, 0.1) is 24.4 Å². The van der Waals surface area contributed by atoms with Crippen molar-refractivity contribution in [2.45, 2.75) is 32.9 Å². The van der Waals surface area contributed by atoms with Crippen LogP contribution in [0.5, 0.6) is 0 Å². The van der Waals surface area contributed by atoms with Gasteiger partial charge in [-0.05, 0) is 19.9 Å². The molecule has 0 aromatic carbocycles. The highest BCUT2D eigenvalue weighted by Gasteiger charge is 2.32. The number of likely N-dealkylation sites (N-methyl/N-ethyl adjacent to an activating group) is 1. The first-order chi connectivity index (χ1) is 11.4. The molecular weight excluding hydrogens is 308 g/mol. The topological polar surface area (TPSA) is 71.6 Å². The first-order valence-corrected chi connectivity index (χ1v) is 7.99. The lowest BCUT2D eigenvalue weighted by atomic mass is 10.1. The van der Waals surface area contributed by atoms with Crippen LogP contribution in [0.2, 0.25) is 0 Å². The van der Waals surface area contributed by atoms with Crippen LogP contribution in [0, 0.1) is 6.92 Å². The van der Waals surface area contributed by atoms with Crippen molar-refractivity contribution in [1.82, 2.24) is 19.4 Å². The van der Waals surface area contributed by atoms with E-state index in [9.17, 15) is 9.59 Å². The minimum atomic E-state index is -0.168. The van der Waals surface area contributed by atoms with Gasteiger partial charge >= 0.3 is 0 Å². The van der Waals surface area contributed by atoms with Gasteiger partial charge in [-0.25, -0.2) is 4.98 Å². The summed E-state index contributed by atoms with van der Waals surface area (Å²) in [7, 11) is 3.46. The molecule has 2 aromatic heterocycles. The van der Waals surface area contributed by atoms with Crippen molar-refractivity contribution in [3.8, 4) is 0 Å². The molecule has 1 aliphatic heterocycles. The molecule has 3 heterocycles. The first kappa shape index (κ1) is 16.3. The molecule has 7 nitrogen and oxygen atoms in total. The van der Waals surface area contributed by atoms with Gasteiger partial charge in [0.1, 0.15) is 5.82 Å². The van der Waals surface area contributed by atoms with Crippen LogP contribution < -0.4 is 0 Å². The van der Waals surface area contributed by atoms with E-state index in [1.54, 1.807) is 30.0 Å². The number of imidazole rings is 1. The Morgan fingerprint density at radius 1 is 1.38 bits per heavy atom. The van der Waals surface area contributed by atoms with Gasteiger partial charge in [0, 0.05) is 38.9 Å². The summed E-state index contributed by atoms with van der Waals surface area (Å²) >= 11 is 0. The maximum atomic E-state index is 12.7. The van der Waals surface area contributed by atoms with Crippen LogP contribution in [0.1, 0.15) is 40.6 Å². The van der Waals surface area contributed by atoms with Gasteiger partial charge in [0.25, 0.3) is 5.91 Å². The molecule has 2 aromatic rings. The highest BCUT2D eigenvalue weighted by molar-refractivity contribution is 5.93. The van der Waals surface area contributed by atoms with Crippen molar-refractivity contribution >= 4 is 11.8 Å². The van der Waals surface area contributed by atoms with Gasteiger partial charge in [-0.3, -0.25) is 9.59 Å². The smallest absolute Gasteiger partial charge is 0.290 e. The number of nitrogens with zero attached hydrogens (tertiary/aromatic N) is 4. The van der Waals surface area contributed by atoms with Crippen molar-refractivity contribution in [2.75, 3.05) is 20.6 Å². The third kappa shape index (κ3) is 2.81. The van der Waals surface area contributed by atoms with Crippen LogP contribution in [0.3, 0.4) is 0 Å². The van der Waals surface area contributed by atoms with E-state index in [4.69, 9.17) is 4.42 Å². The summed E-state index contributed by atoms with van der Waals surface area (Å²) in [6.45, 7) is 5.06. The lowest BCUT2D eigenvalue weighted by Gasteiger charge is -2.33. The Morgan fingerprint density at radius 3 is 2.75 bits per heavy atom. The van der Waals surface area contributed by atoms with E-state index < -0.39 is 0 Å². The average molecular weight is 330 g/mol. The molecule has 0 spiro atoms. The predicted molar refractivity (Wildman–Crippen MR) is 87.5 cm³/mol. The number of hydrogen-bond donors (Lipinski definition) is 0. The van der Waals surface area contributed by atoms with Crippen LogP contribution in [0.15, 0.2) is 22.9 Å². The van der Waals surface area contributed by atoms with Crippen LogP contribution in [-0.2, 0) is 17.8 Å². The molecule has 1 atom stereocenters. The molecule has 0 saturated carbocycles.